The maximum Gasteiger partial charge on any atom is 0.323 e. The molecule has 6 heterocycles. The van der Waals surface area contributed by atoms with Crippen LogP contribution in [-0.2, 0) is 123 Å². The normalized spacial score (nSPS) is 24.4. The number of aromatic amines is 2. The fraction of sp³-hybridized carbons (Fsp3) is 0.527. The number of nitrogens with two attached hydrogens (primary N) is 3. The van der Waals surface area contributed by atoms with Gasteiger partial charge in [-0.15, -0.1) is 11.8 Å². The van der Waals surface area contributed by atoms with E-state index in [2.05, 4.69) is 68.1 Å². The number of unbranched alkanes of at least 4 members (excludes halogenated alkanes) is 2. The topological polar surface area (TPSA) is 658 Å². The number of aromatic nitrogens is 4. The van der Waals surface area contributed by atoms with E-state index in [1.165, 1.54) is 58.5 Å². The molecule has 0 radical (unpaired) electrons. The highest BCUT2D eigenvalue weighted by Crippen LogP contribution is 2.29. The number of carboxylic acid groups (broad SMARTS) is 1. The Morgan fingerprint density at radius 2 is 1.15 bits per heavy atom. The van der Waals surface area contributed by atoms with Crippen molar-refractivity contribution in [2.24, 2.45) is 23.1 Å². The van der Waals surface area contributed by atoms with Gasteiger partial charge in [0.2, 0.25) is 106 Å². The van der Waals surface area contributed by atoms with Crippen LogP contribution in [0, 0.1) is 5.92 Å². The summed E-state index contributed by atoms with van der Waals surface area (Å²) in [5, 5.41) is 60.0. The fourth-order valence-electron chi connectivity index (χ4n) is 17.1. The number of benzene rings is 3. The summed E-state index contributed by atoms with van der Waals surface area (Å²) in [6, 6.07) is -2.99. The number of thioether (sulfide) groups is 1. The van der Waals surface area contributed by atoms with Crippen molar-refractivity contribution in [2.45, 2.75) is 241 Å². The molecule has 3 saturated heterocycles. The Labute approximate surface area is 806 Å². The molecule has 15 atom stereocenters. The number of methoxy groups -OCH3 is 1. The monoisotopic (exact) mass is 1950 g/mol. The molecular formula is C93H128N22O23S. The van der Waals surface area contributed by atoms with E-state index < -0.39 is 279 Å². The standard InChI is InChI=1S/C93H128N22O23S/c1-10-12-22-71-86(130)103-62(33-50(3)4)82(126)109-69(81(125)99-42-77(96)120)47-139-48-78(121)101-65(34-52-26-28-57(138-9)29-27-52)89(133)110(6)51(5)80(124)106-67(39-76(95)119)92(136)114-32-18-25-72(114)87(131)105-64(37-55-41-97-49-100-55)84(128)102-61(30-31-75(94)118)91(135)115-44-56(117)38-74(115)88(132)104-63(35-53-40-98-60-21-16-14-19-58(53)60)83(127)108-68(46-116)85(129)107-66(90(134)112(8)73(23-13-11-2)93(137)111(71)7)36-54-43-113(45-79(122)123)70-24-17-15-20-59(54)70/h14-17,19-21,24,26-29,40-41,43,49-51,56,61-69,71-74,98,116-117H,10-13,18,22-23,25,30-39,42,44-48H2,1-9H3,(H2,94,118)(H2,95,119)(H2,96,120)(H,97,100)(H,99,125)(H,101,121)(H,102,128)(H,103,130)(H,104,132)(H,105,131)(H,106,124)(H,107,129)(H,108,127)(H,109,126)(H,122,123)/t51-,56+,61-,62-,63-,64-,65-,66-,67+,68-,69-,71-,72-,73-,74-/m0/s1. The SMILES string of the molecule is CCCC[C@H]1C(=O)N(C)[C@@H](CCCC)C(=O)N[C@@H](CC(C)C)C(=O)N[C@H](C(=O)NCC(N)=O)CSCC(=O)N[C@@H](Cc2ccc(OC)cc2)C(=O)N(C)[C@@H](C)C(=O)N[C@H](CC(N)=O)C(=O)N2CCC[C@H]2C(=O)N[C@@H](Cc2c[nH]cn2)C(=O)N[C@@H](CCC(N)=O)C(=O)N2C[C@H](O)C[C@H]2C(=O)N[C@@H](Cc2c[nH]c3ccccc23)C(=O)N[C@@H](CO)C(=O)N[C@@H](Cc2cn(CC(=O)O)c3ccccc23)C(=O)N1C. The first-order valence-corrected chi connectivity index (χ1v) is 47.4. The van der Waals surface area contributed by atoms with Gasteiger partial charge in [0.05, 0.1) is 50.6 Å². The number of ether oxygens (including phenoxy) is 1. The number of nitrogens with zero attached hydrogens (tertiary/aromatic N) is 7. The van der Waals surface area contributed by atoms with Crippen LogP contribution in [0.5, 0.6) is 5.75 Å². The number of amides is 18. The van der Waals surface area contributed by atoms with Gasteiger partial charge in [0.1, 0.15) is 96.9 Å². The van der Waals surface area contributed by atoms with E-state index in [-0.39, 0.29) is 69.5 Å². The van der Waals surface area contributed by atoms with Crippen LogP contribution in [0.2, 0.25) is 0 Å². The molecule has 9 rings (SSSR count). The Morgan fingerprint density at radius 1 is 0.576 bits per heavy atom. The van der Waals surface area contributed by atoms with E-state index >= 15 is 38.4 Å². The van der Waals surface area contributed by atoms with Gasteiger partial charge in [-0.05, 0) is 92.3 Å². The van der Waals surface area contributed by atoms with Crippen LogP contribution in [-0.4, -0.2) is 328 Å². The quantitative estimate of drug-likeness (QED) is 0.0232. The third-order valence-corrected chi connectivity index (χ3v) is 25.8. The first kappa shape index (κ1) is 109. The smallest absolute Gasteiger partial charge is 0.323 e. The van der Waals surface area contributed by atoms with Gasteiger partial charge < -0.3 is 129 Å². The maximum absolute atomic E-state index is 15.9. The van der Waals surface area contributed by atoms with Crippen LogP contribution >= 0.6 is 11.8 Å². The third kappa shape index (κ3) is 30.0. The summed E-state index contributed by atoms with van der Waals surface area (Å²) in [6.45, 7) is 5.19. The Kier molecular flexibility index (Phi) is 40.2. The molecule has 3 aliphatic rings. The minimum Gasteiger partial charge on any atom is -0.497 e. The molecule has 0 saturated carbocycles. The van der Waals surface area contributed by atoms with E-state index in [1.807, 2.05) is 13.8 Å². The van der Waals surface area contributed by atoms with Crippen LogP contribution in [0.4, 0.5) is 0 Å². The number of aliphatic hydroxyl groups excluding tert-OH is 2. The van der Waals surface area contributed by atoms with Crippen LogP contribution in [0.1, 0.15) is 140 Å². The zero-order valence-corrected chi connectivity index (χ0v) is 80.0. The van der Waals surface area contributed by atoms with Crippen molar-refractivity contribution >= 4 is 146 Å². The van der Waals surface area contributed by atoms with Crippen molar-refractivity contribution in [3.05, 3.63) is 120 Å². The molecule has 0 aliphatic carbocycles. The lowest BCUT2D eigenvalue weighted by Crippen LogP contribution is -2.62. The molecule has 45 nitrogen and oxygen atoms in total. The molecule has 0 bridgehead atoms. The van der Waals surface area contributed by atoms with Gasteiger partial charge in [0.25, 0.3) is 0 Å². The number of fused-ring (bicyclic) bond motifs is 4. The number of primary amides is 3. The summed E-state index contributed by atoms with van der Waals surface area (Å²) < 4.78 is 6.75. The highest BCUT2D eigenvalue weighted by molar-refractivity contribution is 8.00. The zero-order chi connectivity index (χ0) is 102. The zero-order valence-electron chi connectivity index (χ0n) is 79.2. The molecule has 3 aromatic carbocycles. The summed E-state index contributed by atoms with van der Waals surface area (Å²) >= 11 is 0.787. The van der Waals surface area contributed by atoms with Crippen molar-refractivity contribution in [3.8, 4) is 5.75 Å². The Bertz CT molecular complexity index is 5420. The van der Waals surface area contributed by atoms with Gasteiger partial charge in [0.15, 0.2) is 0 Å². The number of carbonyl (C=O) groups excluding carboxylic acids is 18. The molecular weight excluding hydrogens is 1830 g/mol. The lowest BCUT2D eigenvalue weighted by Gasteiger charge is -2.36. The van der Waals surface area contributed by atoms with Gasteiger partial charge in [-0.25, -0.2) is 4.98 Å². The number of hydrogen-bond acceptors (Lipinski definition) is 24. The minimum atomic E-state index is -1.99. The Hall–Kier alpha value is -14.1. The number of likely N-dealkylation sites (N-methyl/N-ethyl adjacent to an activating group) is 3. The van der Waals surface area contributed by atoms with Crippen LogP contribution < -0.4 is 75.1 Å². The average Bonchev–Trinajstić information content (AvgIpc) is 1.64. The summed E-state index contributed by atoms with van der Waals surface area (Å²) in [5.41, 5.74) is 19.2. The number of nitrogens with one attached hydrogen (secondary N) is 12. The highest BCUT2D eigenvalue weighted by Gasteiger charge is 2.47. The molecule has 754 valence electrons. The lowest BCUT2D eigenvalue weighted by atomic mass is 9.99. The van der Waals surface area contributed by atoms with Crippen LogP contribution in [0.3, 0.4) is 0 Å². The summed E-state index contributed by atoms with van der Waals surface area (Å²) in [4.78, 5) is 291. The number of aliphatic carboxylic acids is 1. The highest BCUT2D eigenvalue weighted by atomic mass is 32.2. The Morgan fingerprint density at radius 3 is 1.78 bits per heavy atom. The van der Waals surface area contributed by atoms with E-state index in [0.717, 1.165) is 36.3 Å². The van der Waals surface area contributed by atoms with E-state index in [4.69, 9.17) is 21.9 Å². The predicted octanol–water partition coefficient (Wildman–Crippen LogP) is -3.07. The maximum atomic E-state index is 15.9. The lowest BCUT2D eigenvalue weighted by molar-refractivity contribution is -0.149. The number of carbonyl (C=O) groups is 19. The number of aliphatic hydroxyl groups is 2. The van der Waals surface area contributed by atoms with Crippen molar-refractivity contribution in [2.75, 3.05) is 66.0 Å². The molecule has 21 N–H and O–H groups in total. The molecule has 3 fully saturated rings. The van der Waals surface area contributed by atoms with E-state index in [9.17, 15) is 68.1 Å². The first-order valence-electron chi connectivity index (χ1n) is 46.2. The number of para-hydroxylation sites is 2. The van der Waals surface area contributed by atoms with Crippen molar-refractivity contribution in [1.29, 1.82) is 0 Å². The first-order chi connectivity index (χ1) is 66.1. The van der Waals surface area contributed by atoms with Gasteiger partial charge >= 0.3 is 5.97 Å². The number of rotatable bonds is 28. The molecule has 3 aromatic heterocycles. The number of carboxylic acids is 1. The van der Waals surface area contributed by atoms with Crippen molar-refractivity contribution in [3.63, 3.8) is 0 Å². The van der Waals surface area contributed by atoms with Gasteiger partial charge in [-0.1, -0.05) is 102 Å². The summed E-state index contributed by atoms with van der Waals surface area (Å²) in [5.74, 6) is -19.9. The molecule has 139 heavy (non-hydrogen) atoms. The average molecular weight is 1950 g/mol. The molecule has 3 aliphatic heterocycles. The third-order valence-electron chi connectivity index (χ3n) is 24.7. The second kappa shape index (κ2) is 51.4. The number of H-pyrrole nitrogens is 2. The Balaban J connectivity index is 1.12. The van der Waals surface area contributed by atoms with Crippen molar-refractivity contribution in [1.82, 2.24) is 97.2 Å². The molecule has 0 unspecified atom stereocenters. The van der Waals surface area contributed by atoms with Gasteiger partial charge in [-0.2, -0.15) is 0 Å². The van der Waals surface area contributed by atoms with E-state index in [1.54, 1.807) is 92.8 Å². The second-order valence-corrected chi connectivity index (χ2v) is 36.5. The molecule has 18 amide bonds. The van der Waals surface area contributed by atoms with Gasteiger partial charge in [-0.3, -0.25) is 91.1 Å². The molecule has 46 heteroatoms. The van der Waals surface area contributed by atoms with E-state index in [0.29, 0.717) is 63.5 Å². The summed E-state index contributed by atoms with van der Waals surface area (Å²) in [6.07, 6.45) is 1.68. The predicted molar refractivity (Wildman–Crippen MR) is 505 cm³/mol. The largest absolute Gasteiger partial charge is 0.497 e. The number of hydrogen-bond donors (Lipinski definition) is 18. The van der Waals surface area contributed by atoms with Crippen molar-refractivity contribution < 1.29 is 111 Å². The second-order valence-electron chi connectivity index (χ2n) is 35.5. The summed E-state index contributed by atoms with van der Waals surface area (Å²) in [7, 11) is 5.28. The molecule has 6 aromatic rings. The minimum absolute atomic E-state index is 0.0202. The fourth-order valence-corrected chi connectivity index (χ4v) is 18.0. The molecule has 0 spiro atoms. The number of imidazole rings is 1. The van der Waals surface area contributed by atoms with Gasteiger partial charge in [0, 0.05) is 119 Å². The van der Waals surface area contributed by atoms with Crippen LogP contribution in [0.15, 0.2) is 97.7 Å². The van der Waals surface area contributed by atoms with Crippen LogP contribution in [0.25, 0.3) is 21.8 Å².